The molecule has 1 saturated heterocycles. The summed E-state index contributed by atoms with van der Waals surface area (Å²) in [5.41, 5.74) is 2.46. The number of carbonyl (C=O) groups excluding carboxylic acids is 2. The van der Waals surface area contributed by atoms with Gasteiger partial charge in [0.15, 0.2) is 0 Å². The molecule has 1 heterocycles. The molecule has 1 aliphatic rings. The number of hydrogen-bond acceptors (Lipinski definition) is 4. The number of benzene rings is 2. The monoisotopic (exact) mass is 460 g/mol. The lowest BCUT2D eigenvalue weighted by atomic mass is 10.1. The Kier molecular flexibility index (Phi) is 7.80. The van der Waals surface area contributed by atoms with Crippen molar-refractivity contribution >= 4 is 39.1 Å². The molecule has 1 aliphatic heterocycles. The maximum absolute atomic E-state index is 12.7. The number of carbonyl (C=O) groups is 2. The number of anilines is 2. The maximum atomic E-state index is 12.7. The zero-order valence-electron chi connectivity index (χ0n) is 16.4. The van der Waals surface area contributed by atoms with E-state index < -0.39 is 0 Å². The zero-order valence-corrected chi connectivity index (χ0v) is 18.0. The third-order valence-corrected chi connectivity index (χ3v) is 5.35. The Morgan fingerprint density at radius 2 is 1.97 bits per heavy atom. The van der Waals surface area contributed by atoms with E-state index in [9.17, 15) is 9.59 Å². The van der Waals surface area contributed by atoms with Crippen LogP contribution < -0.4 is 10.2 Å². The largest absolute Gasteiger partial charge is 0.379 e. The Balaban J connectivity index is 1.56. The van der Waals surface area contributed by atoms with Crippen LogP contribution in [0.1, 0.15) is 18.9 Å². The van der Waals surface area contributed by atoms with E-state index in [1.54, 1.807) is 4.90 Å². The normalized spacial score (nSPS) is 16.3. The van der Waals surface area contributed by atoms with Crippen LogP contribution in [0.3, 0.4) is 0 Å². The van der Waals surface area contributed by atoms with Gasteiger partial charge in [-0.25, -0.2) is 0 Å². The van der Waals surface area contributed by atoms with E-state index in [1.165, 1.54) is 0 Å². The molecule has 0 saturated carbocycles. The first-order chi connectivity index (χ1) is 14.1. The van der Waals surface area contributed by atoms with Crippen molar-refractivity contribution in [2.45, 2.75) is 20.0 Å². The summed E-state index contributed by atoms with van der Waals surface area (Å²) in [7, 11) is 0. The SMILES string of the molecule is CCOCCOCc1cccc(NC(=O)C2CC(=O)N(c3ccccc3Br)C2)c1. The fraction of sp³-hybridized carbons (Fsp3) is 0.364. The minimum Gasteiger partial charge on any atom is -0.379 e. The molecule has 0 bridgehead atoms. The lowest BCUT2D eigenvalue weighted by molar-refractivity contribution is -0.122. The number of amides is 2. The molecule has 0 aromatic heterocycles. The van der Waals surface area contributed by atoms with Gasteiger partial charge in [0.25, 0.3) is 0 Å². The van der Waals surface area contributed by atoms with Crippen molar-refractivity contribution in [3.05, 3.63) is 58.6 Å². The van der Waals surface area contributed by atoms with Gasteiger partial charge >= 0.3 is 0 Å². The van der Waals surface area contributed by atoms with Gasteiger partial charge in [-0.05, 0) is 52.7 Å². The Bertz CT molecular complexity index is 858. The van der Waals surface area contributed by atoms with Gasteiger partial charge in [-0.1, -0.05) is 24.3 Å². The van der Waals surface area contributed by atoms with Crippen LogP contribution in [0.25, 0.3) is 0 Å². The van der Waals surface area contributed by atoms with Crippen LogP contribution in [-0.4, -0.2) is 38.2 Å². The molecule has 1 N–H and O–H groups in total. The van der Waals surface area contributed by atoms with Crippen molar-refractivity contribution < 1.29 is 19.1 Å². The van der Waals surface area contributed by atoms with Gasteiger partial charge in [-0.2, -0.15) is 0 Å². The average molecular weight is 461 g/mol. The van der Waals surface area contributed by atoms with Crippen molar-refractivity contribution in [3.8, 4) is 0 Å². The zero-order chi connectivity index (χ0) is 20.6. The number of rotatable bonds is 9. The number of nitrogens with zero attached hydrogens (tertiary/aromatic N) is 1. The molecule has 0 spiro atoms. The first kappa shape index (κ1) is 21.5. The summed E-state index contributed by atoms with van der Waals surface area (Å²) in [5.74, 6) is -0.587. The summed E-state index contributed by atoms with van der Waals surface area (Å²) >= 11 is 3.47. The topological polar surface area (TPSA) is 67.9 Å². The van der Waals surface area contributed by atoms with Crippen molar-refractivity contribution in [3.63, 3.8) is 0 Å². The van der Waals surface area contributed by atoms with Crippen LogP contribution in [0.2, 0.25) is 0 Å². The van der Waals surface area contributed by atoms with Gasteiger partial charge in [0.1, 0.15) is 0 Å². The molecule has 1 atom stereocenters. The Hall–Kier alpha value is -2.22. The van der Waals surface area contributed by atoms with E-state index in [2.05, 4.69) is 21.2 Å². The standard InChI is InChI=1S/C22H25BrN2O4/c1-2-28-10-11-29-15-16-6-5-7-18(12-16)24-22(27)17-13-21(26)25(14-17)20-9-4-3-8-19(20)23/h3-9,12,17H,2,10-11,13-15H2,1H3,(H,24,27). The number of ether oxygens (including phenoxy) is 2. The number of para-hydroxylation sites is 1. The van der Waals surface area contributed by atoms with Crippen LogP contribution in [0, 0.1) is 5.92 Å². The van der Waals surface area contributed by atoms with Gasteiger partial charge in [0.2, 0.25) is 11.8 Å². The highest BCUT2D eigenvalue weighted by molar-refractivity contribution is 9.10. The molecule has 6 nitrogen and oxygen atoms in total. The van der Waals surface area contributed by atoms with Crippen LogP contribution in [0.4, 0.5) is 11.4 Å². The van der Waals surface area contributed by atoms with E-state index >= 15 is 0 Å². The van der Waals surface area contributed by atoms with Crippen molar-refractivity contribution in [2.75, 3.05) is 36.6 Å². The van der Waals surface area contributed by atoms with E-state index in [0.717, 1.165) is 15.7 Å². The second kappa shape index (κ2) is 10.5. The lowest BCUT2D eigenvalue weighted by Gasteiger charge is -2.18. The van der Waals surface area contributed by atoms with E-state index in [0.29, 0.717) is 38.7 Å². The van der Waals surface area contributed by atoms with Crippen LogP contribution in [0.15, 0.2) is 53.0 Å². The second-order valence-corrected chi connectivity index (χ2v) is 7.65. The van der Waals surface area contributed by atoms with Crippen molar-refractivity contribution in [2.24, 2.45) is 5.92 Å². The molecule has 1 unspecified atom stereocenters. The minimum atomic E-state index is -0.388. The van der Waals surface area contributed by atoms with Gasteiger partial charge in [0, 0.05) is 29.7 Å². The Morgan fingerprint density at radius 1 is 1.17 bits per heavy atom. The Morgan fingerprint density at radius 3 is 2.76 bits per heavy atom. The quantitative estimate of drug-likeness (QED) is 0.574. The number of nitrogens with one attached hydrogen (secondary N) is 1. The first-order valence-corrected chi connectivity index (χ1v) is 10.5. The van der Waals surface area contributed by atoms with Crippen molar-refractivity contribution in [1.29, 1.82) is 0 Å². The number of halogens is 1. The molecule has 7 heteroatoms. The van der Waals surface area contributed by atoms with Gasteiger partial charge in [0.05, 0.1) is 31.4 Å². The summed E-state index contributed by atoms with van der Waals surface area (Å²) in [6.45, 7) is 4.54. The van der Waals surface area contributed by atoms with Crippen LogP contribution >= 0.6 is 15.9 Å². The molecule has 1 fully saturated rings. The molecule has 29 heavy (non-hydrogen) atoms. The fourth-order valence-electron chi connectivity index (χ4n) is 3.22. The highest BCUT2D eigenvalue weighted by atomic mass is 79.9. The maximum Gasteiger partial charge on any atom is 0.229 e. The summed E-state index contributed by atoms with van der Waals surface area (Å²) in [5, 5.41) is 2.93. The third kappa shape index (κ3) is 5.88. The van der Waals surface area contributed by atoms with Gasteiger partial charge in [-0.15, -0.1) is 0 Å². The molecule has 0 aliphatic carbocycles. The molecular formula is C22H25BrN2O4. The molecule has 154 valence electrons. The third-order valence-electron chi connectivity index (χ3n) is 4.68. The van der Waals surface area contributed by atoms with E-state index in [1.807, 2.05) is 55.5 Å². The molecule has 3 rings (SSSR count). The molecule has 2 aromatic rings. The van der Waals surface area contributed by atoms with E-state index in [4.69, 9.17) is 9.47 Å². The molecule has 0 radical (unpaired) electrons. The van der Waals surface area contributed by atoms with Crippen molar-refractivity contribution in [1.82, 2.24) is 0 Å². The number of hydrogen-bond donors (Lipinski definition) is 1. The van der Waals surface area contributed by atoms with Crippen LogP contribution in [-0.2, 0) is 25.7 Å². The highest BCUT2D eigenvalue weighted by Crippen LogP contribution is 2.31. The van der Waals surface area contributed by atoms with Gasteiger partial charge < -0.3 is 19.7 Å². The molecule has 2 aromatic carbocycles. The average Bonchev–Trinajstić information content (AvgIpc) is 3.10. The molecular weight excluding hydrogens is 436 g/mol. The summed E-state index contributed by atoms with van der Waals surface area (Å²) in [6.07, 6.45) is 0.202. The minimum absolute atomic E-state index is 0.0477. The lowest BCUT2D eigenvalue weighted by Crippen LogP contribution is -2.28. The Labute approximate surface area is 179 Å². The smallest absolute Gasteiger partial charge is 0.229 e. The summed E-state index contributed by atoms with van der Waals surface area (Å²) < 4.78 is 11.7. The summed E-state index contributed by atoms with van der Waals surface area (Å²) in [4.78, 5) is 26.8. The van der Waals surface area contributed by atoms with E-state index in [-0.39, 0.29) is 24.2 Å². The first-order valence-electron chi connectivity index (χ1n) is 9.68. The molecule has 2 amide bonds. The van der Waals surface area contributed by atoms with Crippen LogP contribution in [0.5, 0.6) is 0 Å². The van der Waals surface area contributed by atoms with Gasteiger partial charge in [-0.3, -0.25) is 9.59 Å². The highest BCUT2D eigenvalue weighted by Gasteiger charge is 2.35. The predicted molar refractivity (Wildman–Crippen MR) is 116 cm³/mol. The second-order valence-electron chi connectivity index (χ2n) is 6.80. The fourth-order valence-corrected chi connectivity index (χ4v) is 3.72. The predicted octanol–water partition coefficient (Wildman–Crippen LogP) is 3.99. The summed E-state index contributed by atoms with van der Waals surface area (Å²) in [6, 6.07) is 15.1.